The number of para-hydroxylation sites is 4. The van der Waals surface area contributed by atoms with Crippen molar-refractivity contribution in [3.8, 4) is 0 Å². The van der Waals surface area contributed by atoms with Crippen LogP contribution in [0.25, 0.3) is 21.3 Å². The van der Waals surface area contributed by atoms with Crippen molar-refractivity contribution in [1.29, 1.82) is 0 Å². The third-order valence-corrected chi connectivity index (χ3v) is 15.8. The molecule has 137 heavy (non-hydrogen) atoms. The van der Waals surface area contributed by atoms with Crippen LogP contribution in [0.5, 0.6) is 0 Å². The summed E-state index contributed by atoms with van der Waals surface area (Å²) in [6.07, 6.45) is -39.0. The van der Waals surface area contributed by atoms with Crippen molar-refractivity contribution >= 4 is 45.5 Å². The van der Waals surface area contributed by atoms with Gasteiger partial charge in [-0.3, -0.25) is 0 Å². The number of rotatable bonds is 14. The van der Waals surface area contributed by atoms with E-state index in [1.165, 1.54) is 48.5 Å². The van der Waals surface area contributed by atoms with Gasteiger partial charge in [0.15, 0.2) is 0 Å². The van der Waals surface area contributed by atoms with E-state index < -0.39 is 117 Å². The fraction of sp³-hybridized carbons (Fsp3) is 0.455. The molecule has 760 valence electrons. The van der Waals surface area contributed by atoms with Gasteiger partial charge in [-0.15, -0.1) is 45.5 Å². The average molecular weight is 2270 g/mol. The van der Waals surface area contributed by atoms with E-state index in [9.17, 15) is 105 Å². The molecule has 0 bridgehead atoms. The second-order valence-electron chi connectivity index (χ2n) is 26.2. The molecule has 0 radical (unpaired) electrons. The van der Waals surface area contributed by atoms with Crippen LogP contribution in [0.2, 0.25) is 0 Å². The van der Waals surface area contributed by atoms with Gasteiger partial charge >= 0.3 is 152 Å². The van der Waals surface area contributed by atoms with Crippen LogP contribution in [0.3, 0.4) is 0 Å². The molecule has 22 nitrogen and oxygen atoms in total. The largest absolute Gasteiger partial charge is 2.00 e. The van der Waals surface area contributed by atoms with E-state index in [0.29, 0.717) is 234 Å². The van der Waals surface area contributed by atoms with Gasteiger partial charge in [0.1, 0.15) is 0 Å². The van der Waals surface area contributed by atoms with Crippen molar-refractivity contribution in [2.24, 2.45) is 0 Å². The Morgan fingerprint density at radius 2 is 0.292 bits per heavy atom. The number of methoxy groups -OCH3 is 4. The molecule has 2 saturated heterocycles. The van der Waals surface area contributed by atoms with E-state index >= 15 is 0 Å². The Labute approximate surface area is 885 Å². The Bertz CT molecular complexity index is 3530. The van der Waals surface area contributed by atoms with Crippen molar-refractivity contribution in [3.05, 3.63) is 260 Å². The molecule has 2 aliphatic heterocycles. The standard InChI is InChI=1S/4C14H8F6N.2C12H24O6.2C4H10O2.2K.2O.U/c4*15-13(16,17)9-6-10(14(18,19)20)8-12(7-9)21-11-4-2-1-3-5-11;2*1-2-14-5-6-16-9-10-18-12-11-17-8-7-15-4-3-13-1;2*1-5-3-4-6-2;;;;;/h4*1-8H;2*1-12H2;2*3-4H2,1-2H3;;;;;/q4*-1;;;;;2*+1;2*-2;. The zero-order valence-electron chi connectivity index (χ0n) is 75.0. The Morgan fingerprint density at radius 3 is 0.380 bits per heavy atom. The fourth-order valence-electron chi connectivity index (χ4n) is 9.59. The minimum absolute atomic E-state index is 0. The first-order chi connectivity index (χ1) is 62.5. The molecule has 8 aromatic carbocycles. The smallest absolute Gasteiger partial charge is 1.00 e. The molecule has 49 heteroatoms. The monoisotopic (exact) mass is 2270 g/mol. The zero-order chi connectivity index (χ0) is 97.8. The van der Waals surface area contributed by atoms with Crippen molar-refractivity contribution in [1.82, 2.24) is 0 Å². The summed E-state index contributed by atoms with van der Waals surface area (Å²) in [5.41, 5.74) is -11.6. The second-order valence-corrected chi connectivity index (χ2v) is 26.2. The predicted octanol–water partition coefficient (Wildman–Crippen LogP) is 18.8. The zero-order valence-corrected chi connectivity index (χ0v) is 85.4. The SMILES string of the molecule is C1COCCOCCOCCOCCOCCO1.C1COCCOCCOCCOCCOCCO1.COCCOC.COCCOC.FC(F)(F)c1cc([N-]c2ccccc2)cc(C(F)(F)F)c1.FC(F)(F)c1cc([N-]c2ccccc2)cc(C(F)(F)F)c1.FC(F)(F)c1cc([N-]c2ccccc2)cc(C(F)(F)F)c1.FC(F)(F)c1cc([N-]c2ccccc2)cc(C(F)(F)F)c1.[K+].[K+].[O-2].[O-2].[U]. The summed E-state index contributed by atoms with van der Waals surface area (Å²) in [6.45, 7) is 16.8. The first-order valence-corrected chi connectivity index (χ1v) is 39.6. The average Bonchev–Trinajstić information content (AvgIpc) is 0.819. The second kappa shape index (κ2) is 75.6. The van der Waals surface area contributed by atoms with E-state index in [0.717, 1.165) is 0 Å². The number of ether oxygens (including phenoxy) is 16. The van der Waals surface area contributed by atoms with Gasteiger partial charge in [0, 0.05) is 59.6 Å². The van der Waals surface area contributed by atoms with Crippen LogP contribution in [0, 0.1) is 31.1 Å². The molecular formula is C88H100F24K2N4O18U-6. The van der Waals surface area contributed by atoms with E-state index in [1.807, 2.05) is 0 Å². The molecule has 0 amide bonds. The molecule has 0 atom stereocenters. The Kier molecular flexibility index (Phi) is 75.1. The maximum atomic E-state index is 12.7. The minimum Gasteiger partial charge on any atom is -2.00 e. The first kappa shape index (κ1) is 136. The number of halogens is 24. The maximum absolute atomic E-state index is 12.7. The van der Waals surface area contributed by atoms with Gasteiger partial charge in [-0.1, -0.05) is 170 Å². The topological polar surface area (TPSA) is 261 Å². The first-order valence-electron chi connectivity index (χ1n) is 39.6. The molecular weight excluding hydrogens is 2170 g/mol. The summed E-state index contributed by atoms with van der Waals surface area (Å²) in [4.78, 5) is 0. The van der Waals surface area contributed by atoms with Gasteiger partial charge in [0.25, 0.3) is 0 Å². The molecule has 0 spiro atoms. The van der Waals surface area contributed by atoms with Crippen LogP contribution in [0.1, 0.15) is 44.5 Å². The van der Waals surface area contributed by atoms with Crippen LogP contribution in [-0.4, -0.2) is 213 Å². The van der Waals surface area contributed by atoms with Crippen LogP contribution < -0.4 is 103 Å². The summed E-state index contributed by atoms with van der Waals surface area (Å²) >= 11 is 0. The van der Waals surface area contributed by atoms with Crippen LogP contribution in [0.15, 0.2) is 194 Å². The number of hydrogen-bond acceptors (Lipinski definition) is 16. The van der Waals surface area contributed by atoms with Gasteiger partial charge in [-0.2, -0.15) is 105 Å². The Hall–Kier alpha value is -5.12. The molecule has 2 heterocycles. The summed E-state index contributed by atoms with van der Waals surface area (Å²) in [5, 5.41) is 15.2. The molecule has 10 rings (SSSR count). The van der Waals surface area contributed by atoms with E-state index in [2.05, 4.69) is 40.2 Å². The number of alkyl halides is 24. The number of nitrogens with zero attached hydrogens (tertiary/aromatic N) is 4. The van der Waals surface area contributed by atoms with Crippen molar-refractivity contribution in [3.63, 3.8) is 0 Å². The predicted molar refractivity (Wildman–Crippen MR) is 441 cm³/mol. The van der Waals surface area contributed by atoms with E-state index in [4.69, 9.17) is 56.8 Å². The fourth-order valence-corrected chi connectivity index (χ4v) is 9.59. The van der Waals surface area contributed by atoms with Crippen molar-refractivity contribution in [2.45, 2.75) is 49.4 Å². The van der Waals surface area contributed by atoms with Gasteiger partial charge < -0.3 is 108 Å². The normalized spacial score (nSPS) is 14.6. The third kappa shape index (κ3) is 66.4. The molecule has 2 fully saturated rings. The molecule has 8 aromatic rings. The maximum Gasteiger partial charge on any atom is 1.00 e. The van der Waals surface area contributed by atoms with E-state index in [-0.39, 0.29) is 192 Å². The molecule has 0 N–H and O–H groups in total. The van der Waals surface area contributed by atoms with Gasteiger partial charge in [0.2, 0.25) is 0 Å². The molecule has 2 aliphatic rings. The van der Waals surface area contributed by atoms with Gasteiger partial charge in [-0.25, -0.2) is 0 Å². The van der Waals surface area contributed by atoms with Gasteiger partial charge in [-0.05, 0) is 24.3 Å². The Morgan fingerprint density at radius 1 is 0.190 bits per heavy atom. The van der Waals surface area contributed by atoms with Crippen LogP contribution in [-0.2, 0) is 136 Å². The quantitative estimate of drug-likeness (QED) is 0.0556. The third-order valence-electron chi connectivity index (χ3n) is 15.8. The van der Waals surface area contributed by atoms with Crippen LogP contribution in [0.4, 0.5) is 151 Å². The van der Waals surface area contributed by atoms with E-state index in [1.54, 1.807) is 101 Å². The summed E-state index contributed by atoms with van der Waals surface area (Å²) in [7, 11) is 6.61. The molecule has 0 aliphatic carbocycles. The summed E-state index contributed by atoms with van der Waals surface area (Å²) in [5.74, 6) is 0. The molecule has 0 saturated carbocycles. The summed E-state index contributed by atoms with van der Waals surface area (Å²) < 4.78 is 387. The van der Waals surface area contributed by atoms with Gasteiger partial charge in [0.05, 0.1) is 230 Å². The number of hydrogen-bond donors (Lipinski definition) is 0. The van der Waals surface area contributed by atoms with Crippen LogP contribution >= 0.6 is 0 Å². The van der Waals surface area contributed by atoms with Crippen molar-refractivity contribution in [2.75, 3.05) is 213 Å². The number of benzene rings is 8. The molecule has 0 unspecified atom stereocenters. The van der Waals surface area contributed by atoms with Crippen molar-refractivity contribution < 1.29 is 326 Å². The summed E-state index contributed by atoms with van der Waals surface area (Å²) in [6, 6.07) is 36.1. The molecule has 0 aromatic heterocycles. The Balaban J connectivity index is -0.00000152. The minimum atomic E-state index is -4.87.